The molecule has 2 aliphatic rings. The van der Waals surface area contributed by atoms with Gasteiger partial charge in [-0.2, -0.15) is 0 Å². The van der Waals surface area contributed by atoms with Gasteiger partial charge in [-0.1, -0.05) is 39.5 Å². The Kier molecular flexibility index (Phi) is 3.48. The molecule has 0 radical (unpaired) electrons. The zero-order chi connectivity index (χ0) is 9.97. The smallest absolute Gasteiger partial charge is 0.0101 e. The summed E-state index contributed by atoms with van der Waals surface area (Å²) in [7, 11) is 0. The van der Waals surface area contributed by atoms with Crippen LogP contribution in [0.5, 0.6) is 0 Å². The van der Waals surface area contributed by atoms with Crippen molar-refractivity contribution in [1.82, 2.24) is 5.32 Å². The summed E-state index contributed by atoms with van der Waals surface area (Å²) in [6, 6.07) is 0.845. The third-order valence-corrected chi connectivity index (χ3v) is 4.13. The average molecular weight is 195 g/mol. The van der Waals surface area contributed by atoms with Gasteiger partial charge in [0.1, 0.15) is 0 Å². The van der Waals surface area contributed by atoms with E-state index in [1.54, 1.807) is 0 Å². The van der Waals surface area contributed by atoms with Crippen LogP contribution in [0.3, 0.4) is 0 Å². The summed E-state index contributed by atoms with van der Waals surface area (Å²) in [5, 5.41) is 3.71. The van der Waals surface area contributed by atoms with Crippen LogP contribution in [0, 0.1) is 17.8 Å². The highest BCUT2D eigenvalue weighted by atomic mass is 15.0. The van der Waals surface area contributed by atoms with Crippen LogP contribution in [-0.4, -0.2) is 12.6 Å². The first-order valence-corrected chi connectivity index (χ1v) is 6.50. The van der Waals surface area contributed by atoms with E-state index in [9.17, 15) is 0 Å². The van der Waals surface area contributed by atoms with Gasteiger partial charge in [-0.25, -0.2) is 0 Å². The molecule has 1 nitrogen and oxygen atoms in total. The fraction of sp³-hybridized carbons (Fsp3) is 1.00. The SMILES string of the molecule is CC(C)CC1NCCC1C1CCCC1. The molecule has 0 spiro atoms. The molecule has 2 rings (SSSR count). The lowest BCUT2D eigenvalue weighted by Crippen LogP contribution is -2.31. The third-order valence-electron chi connectivity index (χ3n) is 4.13. The molecule has 1 heterocycles. The van der Waals surface area contributed by atoms with E-state index in [1.165, 1.54) is 45.1 Å². The van der Waals surface area contributed by atoms with Gasteiger partial charge in [0.15, 0.2) is 0 Å². The van der Waals surface area contributed by atoms with Gasteiger partial charge >= 0.3 is 0 Å². The Morgan fingerprint density at radius 1 is 1.14 bits per heavy atom. The summed E-state index contributed by atoms with van der Waals surface area (Å²) in [4.78, 5) is 0. The largest absolute Gasteiger partial charge is 0.314 e. The van der Waals surface area contributed by atoms with Gasteiger partial charge in [0.05, 0.1) is 0 Å². The van der Waals surface area contributed by atoms with Crippen molar-refractivity contribution in [2.45, 2.75) is 58.4 Å². The number of hydrogen-bond donors (Lipinski definition) is 1. The standard InChI is InChI=1S/C13H25N/c1-10(2)9-13-12(7-8-14-13)11-5-3-4-6-11/h10-14H,3-9H2,1-2H3. The van der Waals surface area contributed by atoms with Crippen LogP contribution >= 0.6 is 0 Å². The molecule has 1 aliphatic carbocycles. The Bertz CT molecular complexity index is 170. The number of nitrogens with one attached hydrogen (secondary N) is 1. The first-order chi connectivity index (χ1) is 6.77. The van der Waals surface area contributed by atoms with E-state index in [1.807, 2.05) is 0 Å². The van der Waals surface area contributed by atoms with Crippen molar-refractivity contribution in [3.8, 4) is 0 Å². The van der Waals surface area contributed by atoms with Crippen LogP contribution < -0.4 is 5.32 Å². The maximum Gasteiger partial charge on any atom is 0.0101 e. The summed E-state index contributed by atoms with van der Waals surface area (Å²) in [6.45, 7) is 5.98. The molecule has 82 valence electrons. The van der Waals surface area contributed by atoms with Crippen LogP contribution in [0.15, 0.2) is 0 Å². The van der Waals surface area contributed by atoms with Gasteiger partial charge in [-0.3, -0.25) is 0 Å². The Labute approximate surface area is 88.7 Å². The van der Waals surface area contributed by atoms with Gasteiger partial charge in [-0.15, -0.1) is 0 Å². The van der Waals surface area contributed by atoms with Crippen LogP contribution in [0.25, 0.3) is 0 Å². The molecule has 0 bridgehead atoms. The van der Waals surface area contributed by atoms with Gasteiger partial charge < -0.3 is 5.32 Å². The second kappa shape index (κ2) is 4.65. The van der Waals surface area contributed by atoms with Crippen LogP contribution in [-0.2, 0) is 0 Å². The summed E-state index contributed by atoms with van der Waals surface area (Å²) in [5.74, 6) is 2.93. The van der Waals surface area contributed by atoms with Crippen molar-refractivity contribution in [1.29, 1.82) is 0 Å². The monoisotopic (exact) mass is 195 g/mol. The van der Waals surface area contributed by atoms with Crippen molar-refractivity contribution in [3.05, 3.63) is 0 Å². The van der Waals surface area contributed by atoms with Crippen LogP contribution in [0.4, 0.5) is 0 Å². The van der Waals surface area contributed by atoms with Crippen molar-refractivity contribution >= 4 is 0 Å². The average Bonchev–Trinajstić information content (AvgIpc) is 2.70. The predicted octanol–water partition coefficient (Wildman–Crippen LogP) is 3.20. The van der Waals surface area contributed by atoms with E-state index in [-0.39, 0.29) is 0 Å². The van der Waals surface area contributed by atoms with Crippen LogP contribution in [0.1, 0.15) is 52.4 Å². The summed E-state index contributed by atoms with van der Waals surface area (Å²) < 4.78 is 0. The van der Waals surface area contributed by atoms with Gasteiger partial charge in [-0.05, 0) is 37.1 Å². The van der Waals surface area contributed by atoms with Crippen molar-refractivity contribution in [3.63, 3.8) is 0 Å². The third kappa shape index (κ3) is 2.31. The molecule has 2 fully saturated rings. The molecular weight excluding hydrogens is 170 g/mol. The number of hydrogen-bond acceptors (Lipinski definition) is 1. The molecule has 1 heteroatoms. The van der Waals surface area contributed by atoms with E-state index in [4.69, 9.17) is 0 Å². The lowest BCUT2D eigenvalue weighted by atomic mass is 9.82. The molecule has 0 amide bonds. The molecule has 0 aromatic heterocycles. The van der Waals surface area contributed by atoms with Crippen molar-refractivity contribution in [2.75, 3.05) is 6.54 Å². The van der Waals surface area contributed by atoms with Crippen molar-refractivity contribution in [2.24, 2.45) is 17.8 Å². The first-order valence-electron chi connectivity index (χ1n) is 6.50. The van der Waals surface area contributed by atoms with E-state index >= 15 is 0 Å². The Morgan fingerprint density at radius 3 is 2.50 bits per heavy atom. The Balaban J connectivity index is 1.89. The fourth-order valence-electron chi connectivity index (χ4n) is 3.50. The van der Waals surface area contributed by atoms with E-state index in [0.717, 1.165) is 23.8 Å². The minimum atomic E-state index is 0.845. The van der Waals surface area contributed by atoms with Crippen molar-refractivity contribution < 1.29 is 0 Å². The highest BCUT2D eigenvalue weighted by Crippen LogP contribution is 2.38. The van der Waals surface area contributed by atoms with Crippen LogP contribution in [0.2, 0.25) is 0 Å². The highest BCUT2D eigenvalue weighted by Gasteiger charge is 2.34. The van der Waals surface area contributed by atoms with E-state index in [2.05, 4.69) is 19.2 Å². The number of rotatable bonds is 3. The molecule has 2 unspecified atom stereocenters. The molecule has 0 aromatic carbocycles. The van der Waals surface area contributed by atoms with Gasteiger partial charge in [0.25, 0.3) is 0 Å². The maximum atomic E-state index is 3.71. The molecule has 1 aliphatic heterocycles. The zero-order valence-electron chi connectivity index (χ0n) is 9.76. The second-order valence-corrected chi connectivity index (χ2v) is 5.69. The highest BCUT2D eigenvalue weighted by molar-refractivity contribution is 4.90. The Morgan fingerprint density at radius 2 is 1.86 bits per heavy atom. The Hall–Kier alpha value is -0.0400. The summed E-state index contributed by atoms with van der Waals surface area (Å²) in [5.41, 5.74) is 0. The molecular formula is C13H25N. The van der Waals surface area contributed by atoms with Gasteiger partial charge in [0.2, 0.25) is 0 Å². The molecule has 1 N–H and O–H groups in total. The lowest BCUT2D eigenvalue weighted by molar-refractivity contribution is 0.276. The minimum absolute atomic E-state index is 0.845. The minimum Gasteiger partial charge on any atom is -0.314 e. The van der Waals surface area contributed by atoms with E-state index < -0.39 is 0 Å². The normalized spacial score (nSPS) is 34.5. The fourth-order valence-corrected chi connectivity index (χ4v) is 3.50. The topological polar surface area (TPSA) is 12.0 Å². The first kappa shape index (κ1) is 10.5. The lowest BCUT2D eigenvalue weighted by Gasteiger charge is -2.26. The molecule has 0 aromatic rings. The molecule has 1 saturated carbocycles. The quantitative estimate of drug-likeness (QED) is 0.729. The predicted molar refractivity (Wildman–Crippen MR) is 61.3 cm³/mol. The van der Waals surface area contributed by atoms with Gasteiger partial charge in [0, 0.05) is 6.04 Å². The zero-order valence-corrected chi connectivity index (χ0v) is 9.76. The molecule has 2 atom stereocenters. The maximum absolute atomic E-state index is 3.71. The summed E-state index contributed by atoms with van der Waals surface area (Å²) >= 11 is 0. The molecule has 14 heavy (non-hydrogen) atoms. The molecule has 1 saturated heterocycles. The van der Waals surface area contributed by atoms with E-state index in [0.29, 0.717) is 0 Å². The second-order valence-electron chi connectivity index (χ2n) is 5.69. The summed E-state index contributed by atoms with van der Waals surface area (Å²) in [6.07, 6.45) is 8.86.